The Kier molecular flexibility index (Phi) is 3.96. The van der Waals surface area contributed by atoms with Gasteiger partial charge in [0.2, 0.25) is 0 Å². The quantitative estimate of drug-likeness (QED) is 0.578. The molecule has 0 heterocycles. The molecular weight excluding hydrogens is 212 g/mol. The van der Waals surface area contributed by atoms with Crippen LogP contribution < -0.4 is 0 Å². The van der Waals surface area contributed by atoms with E-state index in [2.05, 4.69) is 37.0 Å². The molecule has 0 unspecified atom stereocenters. The van der Waals surface area contributed by atoms with Crippen LogP contribution in [0.3, 0.4) is 0 Å². The molecule has 0 amide bonds. The summed E-state index contributed by atoms with van der Waals surface area (Å²) in [5.41, 5.74) is 4.57. The maximum atomic E-state index is 9.95. The van der Waals surface area contributed by atoms with Crippen molar-refractivity contribution in [3.05, 3.63) is 35.4 Å². The molecule has 0 bridgehead atoms. The summed E-state index contributed by atoms with van der Waals surface area (Å²) in [6.07, 6.45) is 4.59. The minimum absolute atomic E-state index is 0.708. The van der Waals surface area contributed by atoms with Gasteiger partial charge in [-0.3, -0.25) is 0 Å². The van der Waals surface area contributed by atoms with Crippen molar-refractivity contribution in [1.82, 2.24) is 0 Å². The summed E-state index contributed by atoms with van der Waals surface area (Å²) in [7, 11) is -1.45. The number of rotatable bonds is 1. The van der Waals surface area contributed by atoms with E-state index in [0.717, 1.165) is 5.56 Å². The molecule has 1 aromatic rings. The van der Waals surface area contributed by atoms with E-state index >= 15 is 0 Å². The average molecular weight is 228 g/mol. The maximum absolute atomic E-state index is 9.95. The van der Waals surface area contributed by atoms with Gasteiger partial charge in [-0.25, -0.2) is 0 Å². The van der Waals surface area contributed by atoms with Crippen LogP contribution in [0.15, 0.2) is 24.3 Å². The van der Waals surface area contributed by atoms with Crippen LogP contribution >= 0.6 is 0 Å². The molecule has 0 aromatic heterocycles. The molecule has 1 atom stereocenters. The van der Waals surface area contributed by atoms with Crippen LogP contribution in [-0.4, -0.2) is 13.2 Å². The highest BCUT2D eigenvalue weighted by molar-refractivity contribution is 6.83. The maximum Gasteiger partial charge on any atom is 0.140 e. The molecule has 1 N–H and O–H groups in total. The highest BCUT2D eigenvalue weighted by atomic mass is 28.3. The Bertz CT molecular complexity index is 466. The number of hydrogen-bond donors (Lipinski definition) is 1. The van der Waals surface area contributed by atoms with E-state index in [1.54, 1.807) is 0 Å². The van der Waals surface area contributed by atoms with Crippen LogP contribution in [-0.2, 0) is 0 Å². The molecule has 0 aliphatic rings. The zero-order valence-electron chi connectivity index (χ0n) is 9.91. The third-order valence-corrected chi connectivity index (χ3v) is 2.89. The lowest BCUT2D eigenvalue weighted by Crippen LogP contribution is -2.17. The third kappa shape index (κ3) is 3.59. The predicted molar refractivity (Wildman–Crippen MR) is 70.5 cm³/mol. The smallest absolute Gasteiger partial charge is 0.140 e. The van der Waals surface area contributed by atoms with Gasteiger partial charge >= 0.3 is 0 Å². The van der Waals surface area contributed by atoms with E-state index in [-0.39, 0.29) is 0 Å². The van der Waals surface area contributed by atoms with Crippen LogP contribution in [0.5, 0.6) is 0 Å². The Balaban J connectivity index is 3.01. The summed E-state index contributed by atoms with van der Waals surface area (Å²) in [6, 6.07) is 7.35. The summed E-state index contributed by atoms with van der Waals surface area (Å²) >= 11 is 0. The molecule has 1 nitrogen and oxygen atoms in total. The average Bonchev–Trinajstić information content (AvgIpc) is 2.25. The highest BCUT2D eigenvalue weighted by Gasteiger charge is 2.11. The van der Waals surface area contributed by atoms with Crippen molar-refractivity contribution in [2.45, 2.75) is 25.7 Å². The molecule has 2 heteroatoms. The summed E-state index contributed by atoms with van der Waals surface area (Å²) in [4.78, 5) is 0. The van der Waals surface area contributed by atoms with Crippen molar-refractivity contribution in [3.63, 3.8) is 0 Å². The third-order valence-electron chi connectivity index (χ3n) is 1.99. The Hall–Kier alpha value is -1.48. The van der Waals surface area contributed by atoms with E-state index in [9.17, 15) is 5.11 Å². The van der Waals surface area contributed by atoms with Gasteiger partial charge in [0.1, 0.15) is 14.2 Å². The van der Waals surface area contributed by atoms with Gasteiger partial charge in [-0.1, -0.05) is 49.7 Å². The second-order valence-electron chi connectivity index (χ2n) is 4.65. The van der Waals surface area contributed by atoms with Crippen molar-refractivity contribution in [1.29, 1.82) is 0 Å². The minimum Gasteiger partial charge on any atom is -0.376 e. The first-order chi connectivity index (χ1) is 7.44. The molecule has 0 aliphatic carbocycles. The van der Waals surface area contributed by atoms with Crippen LogP contribution in [0.1, 0.15) is 17.2 Å². The van der Waals surface area contributed by atoms with E-state index in [1.807, 2.05) is 24.3 Å². The predicted octanol–water partition coefficient (Wildman–Crippen LogP) is 2.58. The first kappa shape index (κ1) is 12.6. The van der Waals surface area contributed by atoms with E-state index < -0.39 is 14.2 Å². The van der Waals surface area contributed by atoms with Crippen molar-refractivity contribution < 1.29 is 5.11 Å². The Labute approximate surface area is 98.5 Å². The van der Waals surface area contributed by atoms with Crippen molar-refractivity contribution in [3.8, 4) is 23.8 Å². The molecule has 0 saturated carbocycles. The van der Waals surface area contributed by atoms with Crippen molar-refractivity contribution >= 4 is 8.07 Å². The fourth-order valence-electron chi connectivity index (χ4n) is 1.23. The Morgan fingerprint density at radius 2 is 1.88 bits per heavy atom. The molecule has 82 valence electrons. The van der Waals surface area contributed by atoms with Gasteiger partial charge in [-0.2, -0.15) is 0 Å². The first-order valence-electron chi connectivity index (χ1n) is 5.20. The molecule has 0 radical (unpaired) electrons. The summed E-state index contributed by atoms with van der Waals surface area (Å²) in [5.74, 6) is 5.44. The van der Waals surface area contributed by atoms with Gasteiger partial charge in [0.15, 0.2) is 0 Å². The van der Waals surface area contributed by atoms with Gasteiger partial charge in [0.05, 0.1) is 0 Å². The Morgan fingerprint density at radius 1 is 1.25 bits per heavy atom. The highest BCUT2D eigenvalue weighted by Crippen LogP contribution is 2.16. The molecule has 0 spiro atoms. The number of aliphatic hydroxyl groups excluding tert-OH is 1. The van der Waals surface area contributed by atoms with Crippen LogP contribution in [0.4, 0.5) is 0 Å². The minimum atomic E-state index is -1.45. The van der Waals surface area contributed by atoms with Gasteiger partial charge in [-0.15, -0.1) is 12.0 Å². The van der Waals surface area contributed by atoms with E-state index in [0.29, 0.717) is 5.56 Å². The molecule has 16 heavy (non-hydrogen) atoms. The van der Waals surface area contributed by atoms with Gasteiger partial charge < -0.3 is 5.11 Å². The van der Waals surface area contributed by atoms with Crippen molar-refractivity contribution in [2.75, 3.05) is 0 Å². The fraction of sp³-hybridized carbons (Fsp3) is 0.286. The monoisotopic (exact) mass is 228 g/mol. The van der Waals surface area contributed by atoms with E-state index in [4.69, 9.17) is 6.42 Å². The van der Waals surface area contributed by atoms with Crippen LogP contribution in [0.25, 0.3) is 0 Å². The summed E-state index contributed by atoms with van der Waals surface area (Å²) in [6.45, 7) is 6.42. The van der Waals surface area contributed by atoms with Crippen molar-refractivity contribution in [2.24, 2.45) is 0 Å². The SMILES string of the molecule is C#Cc1ccccc1[C@H](O)C#C[Si](C)(C)C. The van der Waals surface area contributed by atoms with Gasteiger partial charge in [0, 0.05) is 11.1 Å². The van der Waals surface area contributed by atoms with Crippen LogP contribution in [0.2, 0.25) is 19.6 Å². The normalized spacial score (nSPS) is 12.2. The lowest BCUT2D eigenvalue weighted by atomic mass is 10.0. The number of benzene rings is 1. The molecule has 1 aromatic carbocycles. The molecule has 0 aliphatic heterocycles. The topological polar surface area (TPSA) is 20.2 Å². The fourth-order valence-corrected chi connectivity index (χ4v) is 1.80. The largest absolute Gasteiger partial charge is 0.376 e. The van der Waals surface area contributed by atoms with Gasteiger partial charge in [0.25, 0.3) is 0 Å². The summed E-state index contributed by atoms with van der Waals surface area (Å²) in [5, 5.41) is 9.95. The lowest BCUT2D eigenvalue weighted by molar-refractivity contribution is 0.238. The second kappa shape index (κ2) is 5.03. The second-order valence-corrected chi connectivity index (χ2v) is 9.40. The zero-order valence-corrected chi connectivity index (χ0v) is 10.9. The molecular formula is C14H16OSi. The Morgan fingerprint density at radius 3 is 2.44 bits per heavy atom. The van der Waals surface area contributed by atoms with Crippen LogP contribution in [0, 0.1) is 23.8 Å². The first-order valence-corrected chi connectivity index (χ1v) is 8.70. The van der Waals surface area contributed by atoms with Gasteiger partial charge in [-0.05, 0) is 6.07 Å². The summed E-state index contributed by atoms with van der Waals surface area (Å²) < 4.78 is 0. The molecule has 0 fully saturated rings. The van der Waals surface area contributed by atoms with E-state index in [1.165, 1.54) is 0 Å². The molecule has 0 saturated heterocycles. The standard InChI is InChI=1S/C14H16OSi/c1-5-12-8-6-7-9-13(12)14(15)10-11-16(2,3)4/h1,6-9,14-15H,2-4H3/t14-/m1/s1. The lowest BCUT2D eigenvalue weighted by Gasteiger charge is -2.08. The number of terminal acetylenes is 1. The number of hydrogen-bond acceptors (Lipinski definition) is 1. The zero-order chi connectivity index (χ0) is 12.2. The number of aliphatic hydroxyl groups is 1. The molecule has 1 rings (SSSR count).